The van der Waals surface area contributed by atoms with Gasteiger partial charge < -0.3 is 20.5 Å². The second kappa shape index (κ2) is 12.6. The number of nitrogens with zero attached hydrogens (tertiary/aromatic N) is 1. The third-order valence-corrected chi connectivity index (χ3v) is 6.26. The molecule has 0 spiro atoms. The predicted molar refractivity (Wildman–Crippen MR) is 143 cm³/mol. The van der Waals surface area contributed by atoms with Crippen molar-refractivity contribution in [1.82, 2.24) is 15.5 Å². The Bertz CT molecular complexity index is 1320. The minimum atomic E-state index is -1.16. The van der Waals surface area contributed by atoms with Gasteiger partial charge in [0.15, 0.2) is 0 Å². The number of carbonyl (C=O) groups excluding carboxylic acids is 2. The van der Waals surface area contributed by atoms with E-state index in [2.05, 4.69) is 34.6 Å². The summed E-state index contributed by atoms with van der Waals surface area (Å²) in [5.41, 5.74) is 5.53. The molecule has 3 aromatic carbocycles. The highest BCUT2D eigenvalue weighted by atomic mass is 16.5. The fourth-order valence-corrected chi connectivity index (χ4v) is 4.54. The quantitative estimate of drug-likeness (QED) is 0.381. The zero-order chi connectivity index (χ0) is 26.9. The summed E-state index contributed by atoms with van der Waals surface area (Å²) in [5, 5.41) is 14.4. The SMILES string of the molecule is CN(Cc1ccccc1)CC(NC(=O)C#CCNC(=O)OCC1c2ccccc2-c2ccccc21)C(=O)O. The van der Waals surface area contributed by atoms with Crippen LogP contribution in [0.3, 0.4) is 0 Å². The number of rotatable bonds is 9. The molecule has 0 saturated heterocycles. The summed E-state index contributed by atoms with van der Waals surface area (Å²) < 4.78 is 5.43. The number of amides is 2. The van der Waals surface area contributed by atoms with Crippen LogP contribution in [-0.4, -0.2) is 60.8 Å². The second-order valence-corrected chi connectivity index (χ2v) is 9.03. The van der Waals surface area contributed by atoms with Crippen LogP contribution in [0.5, 0.6) is 0 Å². The summed E-state index contributed by atoms with van der Waals surface area (Å²) in [6.45, 7) is 0.701. The molecule has 8 nitrogen and oxygen atoms in total. The molecule has 0 saturated carbocycles. The van der Waals surface area contributed by atoms with Crippen LogP contribution >= 0.6 is 0 Å². The lowest BCUT2D eigenvalue weighted by Gasteiger charge is -2.21. The Morgan fingerprint density at radius 1 is 0.947 bits per heavy atom. The van der Waals surface area contributed by atoms with Gasteiger partial charge in [-0.1, -0.05) is 84.8 Å². The minimum Gasteiger partial charge on any atom is -0.480 e. The van der Waals surface area contributed by atoms with Gasteiger partial charge in [-0.15, -0.1) is 0 Å². The van der Waals surface area contributed by atoms with E-state index in [1.54, 1.807) is 11.9 Å². The van der Waals surface area contributed by atoms with Gasteiger partial charge in [0.05, 0.1) is 6.54 Å². The van der Waals surface area contributed by atoms with E-state index in [0.717, 1.165) is 27.8 Å². The van der Waals surface area contributed by atoms with Crippen LogP contribution in [-0.2, 0) is 20.9 Å². The van der Waals surface area contributed by atoms with Crippen molar-refractivity contribution >= 4 is 18.0 Å². The average molecular weight is 512 g/mol. The van der Waals surface area contributed by atoms with Crippen molar-refractivity contribution < 1.29 is 24.2 Å². The van der Waals surface area contributed by atoms with Crippen LogP contribution in [0.1, 0.15) is 22.6 Å². The molecular formula is C30H29N3O5. The van der Waals surface area contributed by atoms with E-state index in [-0.39, 0.29) is 25.6 Å². The zero-order valence-electron chi connectivity index (χ0n) is 21.0. The number of likely N-dealkylation sites (N-methyl/N-ethyl adjacent to an activating group) is 1. The van der Waals surface area contributed by atoms with Crippen molar-refractivity contribution in [3.63, 3.8) is 0 Å². The number of hydrogen-bond acceptors (Lipinski definition) is 5. The molecule has 1 atom stereocenters. The fraction of sp³-hybridized carbons (Fsp3) is 0.233. The Labute approximate surface area is 221 Å². The molecule has 38 heavy (non-hydrogen) atoms. The third kappa shape index (κ3) is 6.78. The molecule has 0 fully saturated rings. The molecular weight excluding hydrogens is 482 g/mol. The van der Waals surface area contributed by atoms with Gasteiger partial charge in [0, 0.05) is 19.0 Å². The Morgan fingerprint density at radius 3 is 2.18 bits per heavy atom. The van der Waals surface area contributed by atoms with Crippen LogP contribution in [0.15, 0.2) is 78.9 Å². The van der Waals surface area contributed by atoms with Crippen LogP contribution in [0.2, 0.25) is 0 Å². The molecule has 4 rings (SSSR count). The normalized spacial score (nSPS) is 12.5. The molecule has 1 aliphatic rings. The van der Waals surface area contributed by atoms with Crippen LogP contribution in [0.25, 0.3) is 11.1 Å². The molecule has 1 aliphatic carbocycles. The highest BCUT2D eigenvalue weighted by molar-refractivity contribution is 5.96. The minimum absolute atomic E-state index is 0.0574. The monoisotopic (exact) mass is 511 g/mol. The molecule has 0 radical (unpaired) electrons. The van der Waals surface area contributed by atoms with Crippen molar-refractivity contribution in [2.24, 2.45) is 0 Å². The van der Waals surface area contributed by atoms with E-state index in [0.29, 0.717) is 6.54 Å². The summed E-state index contributed by atoms with van der Waals surface area (Å²) in [6.07, 6.45) is -0.646. The van der Waals surface area contributed by atoms with Gasteiger partial charge in [0.2, 0.25) is 0 Å². The smallest absolute Gasteiger partial charge is 0.407 e. The number of carboxylic acids is 1. The van der Waals surface area contributed by atoms with E-state index in [1.807, 2.05) is 66.7 Å². The maximum atomic E-state index is 12.2. The molecule has 0 aliphatic heterocycles. The van der Waals surface area contributed by atoms with Crippen LogP contribution < -0.4 is 10.6 Å². The Balaban J connectivity index is 1.22. The molecule has 3 N–H and O–H groups in total. The third-order valence-electron chi connectivity index (χ3n) is 6.26. The van der Waals surface area contributed by atoms with E-state index in [1.165, 1.54) is 0 Å². The number of fused-ring (bicyclic) bond motifs is 3. The number of carboxylic acid groups (broad SMARTS) is 1. The highest BCUT2D eigenvalue weighted by Gasteiger charge is 2.29. The van der Waals surface area contributed by atoms with Crippen molar-refractivity contribution in [2.75, 3.05) is 26.7 Å². The lowest BCUT2D eigenvalue weighted by molar-refractivity contribution is -0.141. The summed E-state index contributed by atoms with van der Waals surface area (Å²) in [6, 6.07) is 24.6. The number of alkyl carbamates (subject to hydrolysis) is 1. The van der Waals surface area contributed by atoms with Crippen molar-refractivity contribution in [3.05, 3.63) is 95.6 Å². The van der Waals surface area contributed by atoms with Gasteiger partial charge in [-0.25, -0.2) is 9.59 Å². The standard InChI is InChI=1S/C30H29N3O5/c1-33(18-21-10-3-2-4-11-21)19-27(29(35)36)32-28(34)16-9-17-31-30(37)38-20-26-24-14-7-5-12-22(24)23-13-6-8-15-25(23)26/h2-8,10-15,26-27H,17-20H2,1H3,(H,31,37)(H,32,34)(H,35,36). The van der Waals surface area contributed by atoms with Crippen LogP contribution in [0.4, 0.5) is 4.79 Å². The Morgan fingerprint density at radius 2 is 1.55 bits per heavy atom. The van der Waals surface area contributed by atoms with Gasteiger partial charge >= 0.3 is 12.1 Å². The topological polar surface area (TPSA) is 108 Å². The summed E-state index contributed by atoms with van der Waals surface area (Å²) in [4.78, 5) is 37.8. The van der Waals surface area contributed by atoms with E-state index >= 15 is 0 Å². The first kappa shape index (κ1) is 26.5. The first-order chi connectivity index (χ1) is 18.4. The molecule has 8 heteroatoms. The zero-order valence-corrected chi connectivity index (χ0v) is 21.0. The summed E-state index contributed by atoms with van der Waals surface area (Å²) >= 11 is 0. The average Bonchev–Trinajstić information content (AvgIpc) is 3.23. The number of ether oxygens (including phenoxy) is 1. The maximum Gasteiger partial charge on any atom is 0.407 e. The summed E-state index contributed by atoms with van der Waals surface area (Å²) in [7, 11) is 1.78. The molecule has 1 unspecified atom stereocenters. The Kier molecular flexibility index (Phi) is 8.75. The molecule has 0 heterocycles. The molecule has 3 aromatic rings. The highest BCUT2D eigenvalue weighted by Crippen LogP contribution is 2.44. The number of hydrogen-bond donors (Lipinski definition) is 3. The largest absolute Gasteiger partial charge is 0.480 e. The number of carbonyl (C=O) groups is 3. The summed E-state index contributed by atoms with van der Waals surface area (Å²) in [5.74, 6) is 2.90. The fourth-order valence-electron chi connectivity index (χ4n) is 4.54. The van der Waals surface area contributed by atoms with Gasteiger partial charge in [0.25, 0.3) is 5.91 Å². The molecule has 194 valence electrons. The van der Waals surface area contributed by atoms with E-state index in [4.69, 9.17) is 4.74 Å². The van der Waals surface area contributed by atoms with Crippen molar-refractivity contribution in [3.8, 4) is 23.0 Å². The van der Waals surface area contributed by atoms with E-state index in [9.17, 15) is 19.5 Å². The van der Waals surface area contributed by atoms with Gasteiger partial charge in [0.1, 0.15) is 12.6 Å². The first-order valence-corrected chi connectivity index (χ1v) is 12.3. The van der Waals surface area contributed by atoms with E-state index < -0.39 is 24.0 Å². The number of nitrogens with one attached hydrogen (secondary N) is 2. The first-order valence-electron chi connectivity index (χ1n) is 12.3. The van der Waals surface area contributed by atoms with Gasteiger partial charge in [-0.2, -0.15) is 0 Å². The number of benzene rings is 3. The van der Waals surface area contributed by atoms with Gasteiger partial charge in [-0.3, -0.25) is 9.69 Å². The second-order valence-electron chi connectivity index (χ2n) is 9.03. The lowest BCUT2D eigenvalue weighted by atomic mass is 9.98. The molecule has 0 aromatic heterocycles. The van der Waals surface area contributed by atoms with Crippen LogP contribution in [0, 0.1) is 11.8 Å². The van der Waals surface area contributed by atoms with Crippen molar-refractivity contribution in [1.29, 1.82) is 0 Å². The molecule has 2 amide bonds. The number of aliphatic carboxylic acids is 1. The van der Waals surface area contributed by atoms with Gasteiger partial charge in [-0.05, 0) is 40.8 Å². The lowest BCUT2D eigenvalue weighted by Crippen LogP contribution is -2.47. The Hall–Kier alpha value is -4.61. The predicted octanol–water partition coefficient (Wildman–Crippen LogP) is 3.23. The van der Waals surface area contributed by atoms with Crippen molar-refractivity contribution in [2.45, 2.75) is 18.5 Å². The molecule has 0 bridgehead atoms. The maximum absolute atomic E-state index is 12.2.